The monoisotopic (exact) mass is 468 g/mol. The van der Waals surface area contributed by atoms with Crippen molar-refractivity contribution in [3.05, 3.63) is 23.9 Å². The third kappa shape index (κ3) is 4.90. The fourth-order valence-corrected chi connectivity index (χ4v) is 4.55. The molecular weight excluding hydrogens is 441 g/mol. The summed E-state index contributed by atoms with van der Waals surface area (Å²) in [5.41, 5.74) is 0.711. The Labute approximate surface area is 189 Å². The first-order chi connectivity index (χ1) is 15.6. The van der Waals surface area contributed by atoms with E-state index < -0.39 is 35.1 Å². The van der Waals surface area contributed by atoms with E-state index in [0.29, 0.717) is 50.8 Å². The third-order valence-electron chi connectivity index (χ3n) is 6.66. The molecule has 1 saturated carbocycles. The average Bonchev–Trinajstić information content (AvgIpc) is 3.00. The van der Waals surface area contributed by atoms with Gasteiger partial charge in [-0.2, -0.15) is 18.2 Å². The average molecular weight is 468 g/mol. The van der Waals surface area contributed by atoms with E-state index in [1.807, 2.05) is 9.80 Å². The molecule has 2 aliphatic heterocycles. The van der Waals surface area contributed by atoms with Crippen LogP contribution in [-0.4, -0.2) is 71.0 Å². The number of amides is 4. The molecule has 0 radical (unpaired) electrons. The molecule has 0 aromatic carbocycles. The number of aromatic nitrogens is 1. The highest BCUT2D eigenvalue weighted by atomic mass is 19.4. The molecule has 0 bridgehead atoms. The van der Waals surface area contributed by atoms with Crippen LogP contribution < -0.4 is 15.6 Å². The summed E-state index contributed by atoms with van der Waals surface area (Å²) in [6, 6.07) is 1.73. The lowest BCUT2D eigenvalue weighted by Crippen LogP contribution is -2.54. The van der Waals surface area contributed by atoms with E-state index in [9.17, 15) is 27.6 Å². The standard InChI is InChI=1S/C21H27F3N6O3/c1-14-4-6-20(7-5-14)18(32)30(19(33)26-20)27-17(31)13-28-8-10-29(11-9-28)16-3-2-15(12-25-16)21(22,23)24/h2-3,12,14H,4-11,13H2,1H3,(H,26,33)(H,27,31). The van der Waals surface area contributed by atoms with Gasteiger partial charge in [-0.05, 0) is 43.7 Å². The number of hydrazine groups is 1. The molecule has 4 amide bonds. The highest BCUT2D eigenvalue weighted by Crippen LogP contribution is 2.35. The number of hydrogen-bond acceptors (Lipinski definition) is 6. The minimum Gasteiger partial charge on any atom is -0.354 e. The highest BCUT2D eigenvalue weighted by Gasteiger charge is 2.52. The lowest BCUT2D eigenvalue weighted by molar-refractivity contribution is -0.140. The Hall–Kier alpha value is -2.89. The van der Waals surface area contributed by atoms with E-state index in [1.165, 1.54) is 6.07 Å². The summed E-state index contributed by atoms with van der Waals surface area (Å²) in [6.07, 6.45) is -0.818. The Balaban J connectivity index is 1.26. The molecule has 3 aliphatic rings. The van der Waals surface area contributed by atoms with Crippen LogP contribution in [0.5, 0.6) is 0 Å². The molecule has 1 aromatic rings. The van der Waals surface area contributed by atoms with Gasteiger partial charge in [0.15, 0.2) is 0 Å². The largest absolute Gasteiger partial charge is 0.417 e. The van der Waals surface area contributed by atoms with Gasteiger partial charge in [-0.1, -0.05) is 6.92 Å². The lowest BCUT2D eigenvalue weighted by atomic mass is 9.77. The van der Waals surface area contributed by atoms with Crippen LogP contribution in [0.3, 0.4) is 0 Å². The molecule has 0 atom stereocenters. The van der Waals surface area contributed by atoms with Crippen molar-refractivity contribution < 1.29 is 27.6 Å². The molecule has 4 rings (SSSR count). The molecule has 0 unspecified atom stereocenters. The fourth-order valence-electron chi connectivity index (χ4n) is 4.55. The SMILES string of the molecule is CC1CCC2(CC1)NC(=O)N(NC(=O)CN1CCN(c3ccc(C(F)(F)F)cn3)CC1)C2=O. The minimum atomic E-state index is -4.43. The molecule has 9 nitrogen and oxygen atoms in total. The number of carbonyl (C=O) groups is 3. The fraction of sp³-hybridized carbons (Fsp3) is 0.619. The summed E-state index contributed by atoms with van der Waals surface area (Å²) in [5, 5.41) is 3.55. The second-order valence-corrected chi connectivity index (χ2v) is 9.04. The summed E-state index contributed by atoms with van der Waals surface area (Å²) >= 11 is 0. The van der Waals surface area contributed by atoms with Gasteiger partial charge in [0.1, 0.15) is 11.4 Å². The molecule has 1 aliphatic carbocycles. The molecule has 2 saturated heterocycles. The summed E-state index contributed by atoms with van der Waals surface area (Å²) < 4.78 is 38.1. The van der Waals surface area contributed by atoms with E-state index in [2.05, 4.69) is 22.7 Å². The Morgan fingerprint density at radius 2 is 1.85 bits per heavy atom. The molecule has 1 aromatic heterocycles. The number of hydrogen-bond donors (Lipinski definition) is 2. The number of nitrogens with one attached hydrogen (secondary N) is 2. The molecule has 1 spiro atoms. The first kappa shape index (κ1) is 23.3. The van der Waals surface area contributed by atoms with Crippen LogP contribution in [0.1, 0.15) is 38.2 Å². The summed E-state index contributed by atoms with van der Waals surface area (Å²) in [7, 11) is 0. The van der Waals surface area contributed by atoms with Crippen molar-refractivity contribution in [3.63, 3.8) is 0 Å². The number of anilines is 1. The Morgan fingerprint density at radius 3 is 2.42 bits per heavy atom. The molecule has 3 heterocycles. The van der Waals surface area contributed by atoms with Gasteiger partial charge in [0.05, 0.1) is 12.1 Å². The van der Waals surface area contributed by atoms with E-state index in [0.717, 1.165) is 30.1 Å². The number of carbonyl (C=O) groups excluding carboxylic acids is 3. The van der Waals surface area contributed by atoms with Crippen molar-refractivity contribution in [1.29, 1.82) is 0 Å². The zero-order valence-electron chi connectivity index (χ0n) is 18.3. The molecule has 180 valence electrons. The lowest BCUT2D eigenvalue weighted by Gasteiger charge is -2.35. The Kier molecular flexibility index (Phi) is 6.21. The van der Waals surface area contributed by atoms with Crippen LogP contribution in [0.15, 0.2) is 18.3 Å². The van der Waals surface area contributed by atoms with Gasteiger partial charge in [-0.15, -0.1) is 0 Å². The van der Waals surface area contributed by atoms with Gasteiger partial charge in [-0.25, -0.2) is 9.78 Å². The predicted molar refractivity (Wildman–Crippen MR) is 112 cm³/mol. The van der Waals surface area contributed by atoms with Crippen LogP contribution in [0.2, 0.25) is 0 Å². The van der Waals surface area contributed by atoms with Gasteiger partial charge < -0.3 is 10.2 Å². The number of halogens is 3. The number of urea groups is 1. The maximum atomic E-state index is 12.8. The summed E-state index contributed by atoms with van der Waals surface area (Å²) in [5.74, 6) is 0.0609. The second kappa shape index (κ2) is 8.81. The van der Waals surface area contributed by atoms with Crippen molar-refractivity contribution >= 4 is 23.7 Å². The van der Waals surface area contributed by atoms with Crippen molar-refractivity contribution in [1.82, 2.24) is 25.6 Å². The van der Waals surface area contributed by atoms with Crippen LogP contribution >= 0.6 is 0 Å². The van der Waals surface area contributed by atoms with Crippen molar-refractivity contribution in [2.45, 2.75) is 44.3 Å². The zero-order chi connectivity index (χ0) is 23.8. The normalized spacial score (nSPS) is 26.6. The number of alkyl halides is 3. The number of rotatable bonds is 4. The molecular formula is C21H27F3N6O3. The number of nitrogens with zero attached hydrogens (tertiary/aromatic N) is 4. The topological polar surface area (TPSA) is 97.9 Å². The van der Waals surface area contributed by atoms with Gasteiger partial charge >= 0.3 is 12.2 Å². The zero-order valence-corrected chi connectivity index (χ0v) is 18.3. The number of piperazine rings is 1. The minimum absolute atomic E-state index is 0.00459. The van der Waals surface area contributed by atoms with Crippen molar-refractivity contribution in [2.75, 3.05) is 37.6 Å². The maximum absolute atomic E-state index is 12.8. The second-order valence-electron chi connectivity index (χ2n) is 9.04. The number of imide groups is 1. The van der Waals surface area contributed by atoms with Crippen LogP contribution in [0.25, 0.3) is 0 Å². The van der Waals surface area contributed by atoms with Crippen LogP contribution in [0.4, 0.5) is 23.8 Å². The molecule has 3 fully saturated rings. The van der Waals surface area contributed by atoms with Crippen molar-refractivity contribution in [3.8, 4) is 0 Å². The van der Waals surface area contributed by atoms with Crippen LogP contribution in [0, 0.1) is 5.92 Å². The molecule has 12 heteroatoms. The molecule has 2 N–H and O–H groups in total. The predicted octanol–water partition coefficient (Wildman–Crippen LogP) is 1.75. The Morgan fingerprint density at radius 1 is 1.18 bits per heavy atom. The van der Waals surface area contributed by atoms with Gasteiger partial charge in [0.2, 0.25) is 0 Å². The summed E-state index contributed by atoms with van der Waals surface area (Å²) in [6.45, 7) is 4.04. The summed E-state index contributed by atoms with van der Waals surface area (Å²) in [4.78, 5) is 45.3. The Bertz CT molecular complexity index is 907. The smallest absolute Gasteiger partial charge is 0.354 e. The van der Waals surface area contributed by atoms with Crippen LogP contribution in [-0.2, 0) is 15.8 Å². The van der Waals surface area contributed by atoms with Crippen molar-refractivity contribution in [2.24, 2.45) is 5.92 Å². The quantitative estimate of drug-likeness (QED) is 0.654. The first-order valence-corrected chi connectivity index (χ1v) is 11.0. The van der Waals surface area contributed by atoms with E-state index in [-0.39, 0.29) is 6.54 Å². The highest BCUT2D eigenvalue weighted by molar-refractivity contribution is 6.08. The van der Waals surface area contributed by atoms with Gasteiger partial charge in [0.25, 0.3) is 11.8 Å². The van der Waals surface area contributed by atoms with E-state index >= 15 is 0 Å². The van der Waals surface area contributed by atoms with E-state index in [1.54, 1.807) is 0 Å². The van der Waals surface area contributed by atoms with Gasteiger partial charge in [-0.3, -0.25) is 19.9 Å². The third-order valence-corrected chi connectivity index (χ3v) is 6.66. The van der Waals surface area contributed by atoms with Gasteiger partial charge in [0, 0.05) is 32.4 Å². The number of pyridine rings is 1. The first-order valence-electron chi connectivity index (χ1n) is 11.0. The maximum Gasteiger partial charge on any atom is 0.417 e. The van der Waals surface area contributed by atoms with E-state index in [4.69, 9.17) is 0 Å². The molecule has 33 heavy (non-hydrogen) atoms.